The van der Waals surface area contributed by atoms with Gasteiger partial charge in [0.05, 0.1) is 5.92 Å². The van der Waals surface area contributed by atoms with Gasteiger partial charge in [0.25, 0.3) is 5.91 Å². The van der Waals surface area contributed by atoms with Crippen molar-refractivity contribution in [3.63, 3.8) is 0 Å². The molecule has 0 radical (unpaired) electrons. The summed E-state index contributed by atoms with van der Waals surface area (Å²) >= 11 is 5.88. The highest BCUT2D eigenvalue weighted by atomic mass is 35.5. The molecule has 0 aromatic heterocycles. The summed E-state index contributed by atoms with van der Waals surface area (Å²) in [5, 5.41) is 9.43. The molecule has 1 saturated heterocycles. The predicted molar refractivity (Wildman–Crippen MR) is 67.8 cm³/mol. The van der Waals surface area contributed by atoms with Crippen LogP contribution in [0.4, 0.5) is 0 Å². The van der Waals surface area contributed by atoms with Gasteiger partial charge in [0.1, 0.15) is 0 Å². The van der Waals surface area contributed by atoms with Crippen LogP contribution < -0.4 is 0 Å². The average Bonchev–Trinajstić information content (AvgIpc) is 2.81. The van der Waals surface area contributed by atoms with Crippen molar-refractivity contribution in [1.29, 1.82) is 0 Å². The van der Waals surface area contributed by atoms with E-state index in [0.717, 1.165) is 5.56 Å². The quantitative estimate of drug-likeness (QED) is 0.894. The maximum Gasteiger partial charge on any atom is 0.308 e. The summed E-state index contributed by atoms with van der Waals surface area (Å²) in [4.78, 5) is 24.7. The van der Waals surface area contributed by atoms with E-state index in [-0.39, 0.29) is 12.5 Å². The van der Waals surface area contributed by atoms with Crippen molar-refractivity contribution in [2.24, 2.45) is 5.92 Å². The van der Waals surface area contributed by atoms with E-state index >= 15 is 0 Å². The number of carbonyl (C=O) groups excluding carboxylic acids is 1. The van der Waals surface area contributed by atoms with Gasteiger partial charge < -0.3 is 10.0 Å². The standard InChI is InChI=1S/C13H14ClNO3/c1-8-2-3-10(14)6-11(8)12(16)15-5-4-9(7-15)13(17)18/h2-3,6,9H,4-5,7H2,1H3,(H,17,18). The number of hydrogen-bond donors (Lipinski definition) is 1. The minimum atomic E-state index is -0.840. The molecule has 1 unspecified atom stereocenters. The number of carboxylic acid groups (broad SMARTS) is 1. The van der Waals surface area contributed by atoms with Crippen molar-refractivity contribution < 1.29 is 14.7 Å². The lowest BCUT2D eigenvalue weighted by Gasteiger charge is -2.17. The minimum Gasteiger partial charge on any atom is -0.481 e. The Morgan fingerprint density at radius 1 is 1.44 bits per heavy atom. The van der Waals surface area contributed by atoms with Gasteiger partial charge in [0.15, 0.2) is 0 Å². The minimum absolute atomic E-state index is 0.140. The van der Waals surface area contributed by atoms with Crippen molar-refractivity contribution >= 4 is 23.5 Å². The Bertz CT molecular complexity index is 501. The molecule has 96 valence electrons. The van der Waals surface area contributed by atoms with Crippen molar-refractivity contribution in [3.05, 3.63) is 34.3 Å². The van der Waals surface area contributed by atoms with Crippen LogP contribution in [0.1, 0.15) is 22.3 Å². The van der Waals surface area contributed by atoms with Gasteiger partial charge in [0, 0.05) is 23.7 Å². The second-order valence-electron chi connectivity index (χ2n) is 4.53. The van der Waals surface area contributed by atoms with Crippen LogP contribution in [0.15, 0.2) is 18.2 Å². The Balaban J connectivity index is 2.17. The summed E-state index contributed by atoms with van der Waals surface area (Å²) in [7, 11) is 0. The maximum atomic E-state index is 12.3. The fourth-order valence-electron chi connectivity index (χ4n) is 2.14. The fourth-order valence-corrected chi connectivity index (χ4v) is 2.31. The van der Waals surface area contributed by atoms with E-state index in [4.69, 9.17) is 16.7 Å². The van der Waals surface area contributed by atoms with E-state index in [0.29, 0.717) is 23.6 Å². The normalized spacial score (nSPS) is 19.0. The molecule has 4 nitrogen and oxygen atoms in total. The molecule has 18 heavy (non-hydrogen) atoms. The van der Waals surface area contributed by atoms with Gasteiger partial charge in [-0.2, -0.15) is 0 Å². The topological polar surface area (TPSA) is 57.6 Å². The molecule has 0 bridgehead atoms. The van der Waals surface area contributed by atoms with E-state index in [9.17, 15) is 9.59 Å². The third kappa shape index (κ3) is 2.48. The molecule has 2 rings (SSSR count). The van der Waals surface area contributed by atoms with Crippen LogP contribution in [0, 0.1) is 12.8 Å². The maximum absolute atomic E-state index is 12.3. The molecule has 1 heterocycles. The van der Waals surface area contributed by atoms with Gasteiger partial charge in [0.2, 0.25) is 0 Å². The molecule has 1 aromatic rings. The second-order valence-corrected chi connectivity index (χ2v) is 4.97. The predicted octanol–water partition coefficient (Wildman–Crippen LogP) is 2.20. The Kier molecular flexibility index (Phi) is 3.57. The van der Waals surface area contributed by atoms with Gasteiger partial charge in [-0.25, -0.2) is 0 Å². The lowest BCUT2D eigenvalue weighted by molar-refractivity contribution is -0.141. The lowest BCUT2D eigenvalue weighted by atomic mass is 10.1. The molecule has 0 saturated carbocycles. The number of aryl methyl sites for hydroxylation is 1. The zero-order valence-corrected chi connectivity index (χ0v) is 10.8. The van der Waals surface area contributed by atoms with Gasteiger partial charge in [-0.3, -0.25) is 9.59 Å². The van der Waals surface area contributed by atoms with Crippen LogP contribution in [-0.2, 0) is 4.79 Å². The first-order valence-corrected chi connectivity index (χ1v) is 6.15. The number of hydrogen-bond acceptors (Lipinski definition) is 2. The molecule has 0 spiro atoms. The van der Waals surface area contributed by atoms with Crippen LogP contribution >= 0.6 is 11.6 Å². The molecule has 1 aromatic carbocycles. The molecule has 1 N–H and O–H groups in total. The molecule has 1 amide bonds. The van der Waals surface area contributed by atoms with E-state index in [1.54, 1.807) is 23.1 Å². The highest BCUT2D eigenvalue weighted by Crippen LogP contribution is 2.22. The fraction of sp³-hybridized carbons (Fsp3) is 0.385. The highest BCUT2D eigenvalue weighted by Gasteiger charge is 2.31. The number of halogens is 1. The zero-order chi connectivity index (χ0) is 13.3. The summed E-state index contributed by atoms with van der Waals surface area (Å²) in [5.74, 6) is -1.43. The van der Waals surface area contributed by atoms with Crippen molar-refractivity contribution in [2.75, 3.05) is 13.1 Å². The third-order valence-corrected chi connectivity index (χ3v) is 3.49. The van der Waals surface area contributed by atoms with Gasteiger partial charge in [-0.05, 0) is 31.0 Å². The molecule has 1 aliphatic rings. The number of aliphatic carboxylic acids is 1. The lowest BCUT2D eigenvalue weighted by Crippen LogP contribution is -2.30. The number of amides is 1. The second kappa shape index (κ2) is 4.98. The Morgan fingerprint density at radius 2 is 2.17 bits per heavy atom. The SMILES string of the molecule is Cc1ccc(Cl)cc1C(=O)N1CCC(C(=O)O)C1. The van der Waals surface area contributed by atoms with Gasteiger partial charge in [-0.1, -0.05) is 17.7 Å². The highest BCUT2D eigenvalue weighted by molar-refractivity contribution is 6.31. The molecule has 1 aliphatic heterocycles. The van der Waals surface area contributed by atoms with Crippen molar-refractivity contribution in [2.45, 2.75) is 13.3 Å². The van der Waals surface area contributed by atoms with E-state index < -0.39 is 11.9 Å². The first-order valence-electron chi connectivity index (χ1n) is 5.77. The summed E-state index contributed by atoms with van der Waals surface area (Å²) in [5.41, 5.74) is 1.40. The van der Waals surface area contributed by atoms with Crippen LogP contribution in [0.3, 0.4) is 0 Å². The summed E-state index contributed by atoms with van der Waals surface area (Å²) in [6.07, 6.45) is 0.515. The average molecular weight is 268 g/mol. The van der Waals surface area contributed by atoms with Crippen LogP contribution in [0.25, 0.3) is 0 Å². The van der Waals surface area contributed by atoms with Crippen LogP contribution in [0.2, 0.25) is 5.02 Å². The van der Waals surface area contributed by atoms with Crippen LogP contribution in [0.5, 0.6) is 0 Å². The summed E-state index contributed by atoms with van der Waals surface area (Å²) in [6, 6.07) is 5.16. The third-order valence-electron chi connectivity index (χ3n) is 3.25. The molecule has 0 aliphatic carbocycles. The van der Waals surface area contributed by atoms with Crippen LogP contribution in [-0.4, -0.2) is 35.0 Å². The molecular formula is C13H14ClNO3. The Hall–Kier alpha value is -1.55. The summed E-state index contributed by atoms with van der Waals surface area (Å²) in [6.45, 7) is 2.61. The number of benzene rings is 1. The molecular weight excluding hydrogens is 254 g/mol. The van der Waals surface area contributed by atoms with Crippen molar-refractivity contribution in [1.82, 2.24) is 4.90 Å². The number of rotatable bonds is 2. The van der Waals surface area contributed by atoms with E-state index in [1.165, 1.54) is 0 Å². The number of likely N-dealkylation sites (tertiary alicyclic amines) is 1. The Labute approximate surface area is 110 Å². The number of carboxylic acids is 1. The van der Waals surface area contributed by atoms with Gasteiger partial charge >= 0.3 is 5.97 Å². The largest absolute Gasteiger partial charge is 0.481 e. The Morgan fingerprint density at radius 3 is 2.78 bits per heavy atom. The smallest absolute Gasteiger partial charge is 0.308 e. The number of nitrogens with zero attached hydrogens (tertiary/aromatic N) is 1. The summed E-state index contributed by atoms with van der Waals surface area (Å²) < 4.78 is 0. The molecule has 1 fully saturated rings. The first-order chi connectivity index (χ1) is 8.49. The zero-order valence-electron chi connectivity index (χ0n) is 10.0. The monoisotopic (exact) mass is 267 g/mol. The van der Waals surface area contributed by atoms with E-state index in [1.807, 2.05) is 6.92 Å². The molecule has 1 atom stereocenters. The first kappa shape index (κ1) is 12.9. The van der Waals surface area contributed by atoms with E-state index in [2.05, 4.69) is 0 Å². The van der Waals surface area contributed by atoms with Crippen molar-refractivity contribution in [3.8, 4) is 0 Å². The van der Waals surface area contributed by atoms with Gasteiger partial charge in [-0.15, -0.1) is 0 Å². The number of carbonyl (C=O) groups is 2. The molecule has 5 heteroatoms.